The summed E-state index contributed by atoms with van der Waals surface area (Å²) in [4.78, 5) is 10.5. The number of halogens is 2. The van der Waals surface area contributed by atoms with Gasteiger partial charge in [-0.1, -0.05) is 12.1 Å². The zero-order valence-corrected chi connectivity index (χ0v) is 12.2. The smallest absolute Gasteiger partial charge is 0.225 e. The molecule has 4 nitrogen and oxygen atoms in total. The van der Waals surface area contributed by atoms with E-state index in [0.29, 0.717) is 18.9 Å². The Morgan fingerprint density at radius 1 is 1.20 bits per heavy atom. The summed E-state index contributed by atoms with van der Waals surface area (Å²) < 4.78 is 13.8. The fourth-order valence-electron chi connectivity index (χ4n) is 2.49. The minimum atomic E-state index is -0.433. The maximum Gasteiger partial charge on any atom is 0.225 e. The Hall–Kier alpha value is -1.53. The molecule has 1 N–H and O–H groups in total. The van der Waals surface area contributed by atoms with Crippen molar-refractivity contribution >= 4 is 21.9 Å². The first-order valence-corrected chi connectivity index (χ1v) is 7.10. The van der Waals surface area contributed by atoms with Crippen molar-refractivity contribution in [3.05, 3.63) is 52.5 Å². The molecule has 1 fully saturated rings. The zero-order chi connectivity index (χ0) is 14.1. The van der Waals surface area contributed by atoms with Crippen LogP contribution in [0.5, 0.6) is 0 Å². The third-order valence-electron chi connectivity index (χ3n) is 3.40. The van der Waals surface area contributed by atoms with Gasteiger partial charge in [-0.15, -0.1) is 0 Å². The lowest BCUT2D eigenvalue weighted by Crippen LogP contribution is -2.26. The minimum absolute atomic E-state index is 0.0354. The third kappa shape index (κ3) is 2.66. The molecule has 0 unspecified atom stereocenters. The lowest BCUT2D eigenvalue weighted by molar-refractivity contribution is 0.194. The van der Waals surface area contributed by atoms with Crippen molar-refractivity contribution in [1.29, 1.82) is 0 Å². The van der Waals surface area contributed by atoms with Crippen LogP contribution in [0, 0.1) is 5.82 Å². The van der Waals surface area contributed by atoms with Gasteiger partial charge in [0.25, 0.3) is 0 Å². The van der Waals surface area contributed by atoms with Crippen LogP contribution >= 0.6 is 15.9 Å². The van der Waals surface area contributed by atoms with Gasteiger partial charge in [-0.05, 0) is 40.0 Å². The standard InChI is InChI=1S/C14H13BrFN3O/c15-10-6-17-14(18-7-10)19-8-12(20)5-13(19)9-1-3-11(16)4-2-9/h1-4,6-7,12-13,20H,5,8H2/t12-,13+/m0/s1. The molecule has 2 aromatic rings. The molecule has 0 aliphatic carbocycles. The van der Waals surface area contributed by atoms with E-state index in [-0.39, 0.29) is 11.9 Å². The van der Waals surface area contributed by atoms with Gasteiger partial charge in [0, 0.05) is 18.9 Å². The van der Waals surface area contributed by atoms with Crippen molar-refractivity contribution in [2.75, 3.05) is 11.4 Å². The molecule has 1 aliphatic rings. The zero-order valence-electron chi connectivity index (χ0n) is 10.6. The lowest BCUT2D eigenvalue weighted by atomic mass is 10.0. The highest BCUT2D eigenvalue weighted by Crippen LogP contribution is 2.34. The van der Waals surface area contributed by atoms with E-state index >= 15 is 0 Å². The number of benzene rings is 1. The molecule has 0 radical (unpaired) electrons. The molecule has 3 rings (SSSR count). The van der Waals surface area contributed by atoms with Gasteiger partial charge in [0.15, 0.2) is 0 Å². The molecule has 0 amide bonds. The van der Waals surface area contributed by atoms with E-state index in [1.54, 1.807) is 24.5 Å². The van der Waals surface area contributed by atoms with Crippen molar-refractivity contribution in [2.45, 2.75) is 18.6 Å². The van der Waals surface area contributed by atoms with E-state index < -0.39 is 6.10 Å². The highest BCUT2D eigenvalue weighted by molar-refractivity contribution is 9.10. The largest absolute Gasteiger partial charge is 0.391 e. The highest BCUT2D eigenvalue weighted by Gasteiger charge is 2.33. The first-order valence-electron chi connectivity index (χ1n) is 6.31. The van der Waals surface area contributed by atoms with E-state index in [9.17, 15) is 9.50 Å². The Morgan fingerprint density at radius 2 is 1.85 bits per heavy atom. The molecule has 2 heterocycles. The summed E-state index contributed by atoms with van der Waals surface area (Å²) in [6.07, 6.45) is 3.51. The van der Waals surface area contributed by atoms with Crippen LogP contribution in [-0.4, -0.2) is 27.7 Å². The highest BCUT2D eigenvalue weighted by atomic mass is 79.9. The number of β-amino-alcohol motifs (C(OH)–C–C–N with tert-alkyl or cyclic N) is 1. The second-order valence-electron chi connectivity index (χ2n) is 4.81. The summed E-state index contributed by atoms with van der Waals surface area (Å²) in [6, 6.07) is 6.31. The van der Waals surface area contributed by atoms with Crippen molar-refractivity contribution < 1.29 is 9.50 Å². The van der Waals surface area contributed by atoms with Crippen LogP contribution in [-0.2, 0) is 0 Å². The van der Waals surface area contributed by atoms with Crippen LogP contribution in [0.25, 0.3) is 0 Å². The van der Waals surface area contributed by atoms with E-state index in [2.05, 4.69) is 25.9 Å². The van der Waals surface area contributed by atoms with Gasteiger partial charge in [0.1, 0.15) is 5.82 Å². The number of aromatic nitrogens is 2. The molecule has 6 heteroatoms. The number of nitrogens with zero attached hydrogens (tertiary/aromatic N) is 3. The predicted octanol–water partition coefficient (Wildman–Crippen LogP) is 2.69. The normalized spacial score (nSPS) is 22.2. The Labute approximate surface area is 124 Å². The molecule has 20 heavy (non-hydrogen) atoms. The number of hydrogen-bond donors (Lipinski definition) is 1. The monoisotopic (exact) mass is 337 g/mol. The summed E-state index contributed by atoms with van der Waals surface area (Å²) in [5.74, 6) is 0.304. The molecule has 0 spiro atoms. The maximum absolute atomic E-state index is 13.0. The summed E-state index contributed by atoms with van der Waals surface area (Å²) in [5, 5.41) is 9.92. The van der Waals surface area contributed by atoms with Crippen LogP contribution in [0.4, 0.5) is 10.3 Å². The molecule has 2 atom stereocenters. The average Bonchev–Trinajstić information content (AvgIpc) is 2.82. The molecule has 104 valence electrons. The first kappa shape index (κ1) is 13.5. The molecule has 1 saturated heterocycles. The summed E-state index contributed by atoms with van der Waals surface area (Å²) in [6.45, 7) is 0.476. The number of aliphatic hydroxyl groups excluding tert-OH is 1. The number of rotatable bonds is 2. The van der Waals surface area contributed by atoms with E-state index in [0.717, 1.165) is 10.0 Å². The second kappa shape index (κ2) is 5.46. The van der Waals surface area contributed by atoms with Gasteiger partial charge in [-0.2, -0.15) is 0 Å². The summed E-state index contributed by atoms with van der Waals surface area (Å²) in [7, 11) is 0. The molecule has 1 aromatic heterocycles. The molecule has 1 aromatic carbocycles. The van der Waals surface area contributed by atoms with Gasteiger partial charge >= 0.3 is 0 Å². The van der Waals surface area contributed by atoms with Crippen LogP contribution in [0.3, 0.4) is 0 Å². The predicted molar refractivity (Wildman–Crippen MR) is 76.8 cm³/mol. The topological polar surface area (TPSA) is 49.2 Å². The first-order chi connectivity index (χ1) is 9.63. The SMILES string of the molecule is O[C@H]1C[C@H](c2ccc(F)cc2)N(c2ncc(Br)cn2)C1. The Balaban J connectivity index is 1.92. The van der Waals surface area contributed by atoms with Gasteiger partial charge in [-0.3, -0.25) is 0 Å². The fourth-order valence-corrected chi connectivity index (χ4v) is 2.69. The summed E-state index contributed by atoms with van der Waals surface area (Å²) in [5.41, 5.74) is 0.953. The Kier molecular flexibility index (Phi) is 3.67. The molecule has 0 bridgehead atoms. The van der Waals surface area contributed by atoms with Gasteiger partial charge < -0.3 is 10.0 Å². The number of hydrogen-bond acceptors (Lipinski definition) is 4. The molecule has 1 aliphatic heterocycles. The van der Waals surface area contributed by atoms with E-state index in [4.69, 9.17) is 0 Å². The van der Waals surface area contributed by atoms with Crippen molar-refractivity contribution in [1.82, 2.24) is 9.97 Å². The van der Waals surface area contributed by atoms with Gasteiger partial charge in [0.05, 0.1) is 16.6 Å². The van der Waals surface area contributed by atoms with E-state index in [1.165, 1.54) is 12.1 Å². The van der Waals surface area contributed by atoms with E-state index in [1.807, 2.05) is 4.90 Å². The van der Waals surface area contributed by atoms with Gasteiger partial charge in [0.2, 0.25) is 5.95 Å². The van der Waals surface area contributed by atoms with Crippen LogP contribution in [0.15, 0.2) is 41.1 Å². The fraction of sp³-hybridized carbons (Fsp3) is 0.286. The van der Waals surface area contributed by atoms with Gasteiger partial charge in [-0.25, -0.2) is 14.4 Å². The third-order valence-corrected chi connectivity index (χ3v) is 3.81. The molecule has 0 saturated carbocycles. The van der Waals surface area contributed by atoms with Crippen LogP contribution < -0.4 is 4.90 Å². The molecular formula is C14H13BrFN3O. The van der Waals surface area contributed by atoms with Crippen molar-refractivity contribution in [3.8, 4) is 0 Å². The van der Waals surface area contributed by atoms with Crippen LogP contribution in [0.1, 0.15) is 18.0 Å². The minimum Gasteiger partial charge on any atom is -0.391 e. The average molecular weight is 338 g/mol. The molecular weight excluding hydrogens is 325 g/mol. The quantitative estimate of drug-likeness (QED) is 0.915. The van der Waals surface area contributed by atoms with Crippen molar-refractivity contribution in [2.24, 2.45) is 0 Å². The second-order valence-corrected chi connectivity index (χ2v) is 5.73. The number of aliphatic hydroxyl groups is 1. The Morgan fingerprint density at radius 3 is 2.50 bits per heavy atom. The Bertz CT molecular complexity index is 537. The van der Waals surface area contributed by atoms with Crippen molar-refractivity contribution in [3.63, 3.8) is 0 Å². The number of anilines is 1. The van der Waals surface area contributed by atoms with Crippen LogP contribution in [0.2, 0.25) is 0 Å². The lowest BCUT2D eigenvalue weighted by Gasteiger charge is -2.24. The maximum atomic E-state index is 13.0. The summed E-state index contributed by atoms with van der Waals surface area (Å²) >= 11 is 3.30.